The lowest BCUT2D eigenvalue weighted by atomic mass is 10.2. The van der Waals surface area contributed by atoms with E-state index in [0.717, 1.165) is 37.8 Å². The first-order chi connectivity index (χ1) is 8.61. The van der Waals surface area contributed by atoms with Gasteiger partial charge in [-0.05, 0) is 37.8 Å². The number of hydrogen-bond donors (Lipinski definition) is 2. The minimum Gasteiger partial charge on any atom is -0.484 e. The van der Waals surface area contributed by atoms with Crippen LogP contribution in [0.1, 0.15) is 31.2 Å². The quantitative estimate of drug-likeness (QED) is 0.377. The average Bonchev–Trinajstić information content (AvgIpc) is 2.85. The molecular weight excluding hydrogens is 242 g/mol. The molecule has 0 unspecified atom stereocenters. The monoisotopic (exact) mass is 256 g/mol. The van der Waals surface area contributed by atoms with Gasteiger partial charge in [0.25, 0.3) is 0 Å². The molecule has 0 radical (unpaired) electrons. The van der Waals surface area contributed by atoms with E-state index in [1.54, 1.807) is 0 Å². The zero-order chi connectivity index (χ0) is 13.1. The first-order valence-electron chi connectivity index (χ1n) is 5.75. The molecule has 3 N–H and O–H groups in total. The average molecular weight is 256 g/mol. The van der Waals surface area contributed by atoms with E-state index in [1.807, 2.05) is 0 Å². The van der Waals surface area contributed by atoms with Crippen LogP contribution in [0.5, 0.6) is 5.75 Å². The van der Waals surface area contributed by atoms with Gasteiger partial charge in [-0.25, -0.2) is 8.78 Å². The summed E-state index contributed by atoms with van der Waals surface area (Å²) in [6, 6.07) is 1.98. The lowest BCUT2D eigenvalue weighted by Crippen LogP contribution is -2.16. The molecule has 0 aromatic heterocycles. The van der Waals surface area contributed by atoms with Crippen LogP contribution in [0.15, 0.2) is 17.3 Å². The van der Waals surface area contributed by atoms with E-state index >= 15 is 0 Å². The van der Waals surface area contributed by atoms with Gasteiger partial charge in [0.2, 0.25) is 0 Å². The maximum atomic E-state index is 13.7. The molecule has 0 aliphatic heterocycles. The van der Waals surface area contributed by atoms with E-state index in [0.29, 0.717) is 0 Å². The maximum absolute atomic E-state index is 13.7. The third-order valence-electron chi connectivity index (χ3n) is 2.99. The highest BCUT2D eigenvalue weighted by Crippen LogP contribution is 2.29. The van der Waals surface area contributed by atoms with Gasteiger partial charge in [-0.1, -0.05) is 5.16 Å². The summed E-state index contributed by atoms with van der Waals surface area (Å²) in [6.45, 7) is 0. The number of rotatable bonds is 3. The Hall–Kier alpha value is -1.85. The Morgan fingerprint density at radius 3 is 2.33 bits per heavy atom. The van der Waals surface area contributed by atoms with Crippen LogP contribution >= 0.6 is 0 Å². The smallest absolute Gasteiger partial charge is 0.191 e. The predicted octanol–water partition coefficient (Wildman–Crippen LogP) is 2.38. The summed E-state index contributed by atoms with van der Waals surface area (Å²) in [4.78, 5) is 0. The number of nitrogens with zero attached hydrogens (tertiary/aromatic N) is 1. The number of ether oxygens (including phenoxy) is 1. The minimum atomic E-state index is -0.844. The van der Waals surface area contributed by atoms with E-state index in [-0.39, 0.29) is 17.5 Å². The lowest BCUT2D eigenvalue weighted by molar-refractivity contribution is 0.191. The standard InChI is InChI=1S/C12H14F2N2O2/c13-9-5-7(12(15)16-17)6-10(14)11(9)18-8-3-1-2-4-8/h5-6,8,17H,1-4H2,(H2,15,16). The van der Waals surface area contributed by atoms with Crippen LogP contribution in [-0.2, 0) is 0 Å². The van der Waals surface area contributed by atoms with Crippen molar-refractivity contribution >= 4 is 5.84 Å². The molecule has 6 heteroatoms. The Labute approximate surface area is 103 Å². The van der Waals surface area contributed by atoms with E-state index in [4.69, 9.17) is 15.7 Å². The van der Waals surface area contributed by atoms with E-state index in [1.165, 1.54) is 0 Å². The van der Waals surface area contributed by atoms with Crippen molar-refractivity contribution in [2.75, 3.05) is 0 Å². The van der Waals surface area contributed by atoms with Crippen LogP contribution in [0, 0.1) is 11.6 Å². The molecule has 1 aromatic rings. The second-order valence-electron chi connectivity index (χ2n) is 4.28. The fourth-order valence-corrected chi connectivity index (χ4v) is 2.05. The molecule has 0 amide bonds. The van der Waals surface area contributed by atoms with Crippen molar-refractivity contribution in [1.82, 2.24) is 0 Å². The second-order valence-corrected chi connectivity index (χ2v) is 4.28. The normalized spacial score (nSPS) is 17.1. The molecule has 4 nitrogen and oxygen atoms in total. The van der Waals surface area contributed by atoms with Crippen LogP contribution < -0.4 is 10.5 Å². The summed E-state index contributed by atoms with van der Waals surface area (Å²) >= 11 is 0. The number of amidine groups is 1. The topological polar surface area (TPSA) is 67.8 Å². The van der Waals surface area contributed by atoms with Crippen molar-refractivity contribution < 1.29 is 18.7 Å². The molecule has 1 aliphatic carbocycles. The first kappa shape index (κ1) is 12.6. The number of nitrogens with two attached hydrogens (primary N) is 1. The Kier molecular flexibility index (Phi) is 3.64. The zero-order valence-corrected chi connectivity index (χ0v) is 9.70. The van der Waals surface area contributed by atoms with Crippen LogP contribution in [0.2, 0.25) is 0 Å². The number of oxime groups is 1. The van der Waals surface area contributed by atoms with Crippen molar-refractivity contribution in [2.24, 2.45) is 10.9 Å². The molecule has 18 heavy (non-hydrogen) atoms. The summed E-state index contributed by atoms with van der Waals surface area (Å²) < 4.78 is 32.7. The van der Waals surface area contributed by atoms with Crippen molar-refractivity contribution in [3.05, 3.63) is 29.3 Å². The van der Waals surface area contributed by atoms with E-state index < -0.39 is 17.4 Å². The summed E-state index contributed by atoms with van der Waals surface area (Å²) in [6.07, 6.45) is 3.50. The largest absolute Gasteiger partial charge is 0.484 e. The number of benzene rings is 1. The lowest BCUT2D eigenvalue weighted by Gasteiger charge is -2.15. The van der Waals surface area contributed by atoms with Crippen molar-refractivity contribution in [2.45, 2.75) is 31.8 Å². The van der Waals surface area contributed by atoms with Gasteiger partial charge in [0.1, 0.15) is 0 Å². The van der Waals surface area contributed by atoms with Gasteiger partial charge < -0.3 is 15.7 Å². The summed E-state index contributed by atoms with van der Waals surface area (Å²) in [5.41, 5.74) is 5.25. The molecule has 0 spiro atoms. The summed E-state index contributed by atoms with van der Waals surface area (Å²) in [5.74, 6) is -2.43. The van der Waals surface area contributed by atoms with Gasteiger partial charge in [0.15, 0.2) is 23.2 Å². The third-order valence-corrected chi connectivity index (χ3v) is 2.99. The molecule has 1 fully saturated rings. The molecule has 2 rings (SSSR count). The first-order valence-corrected chi connectivity index (χ1v) is 5.75. The molecule has 1 saturated carbocycles. The molecule has 0 bridgehead atoms. The molecule has 0 heterocycles. The van der Waals surface area contributed by atoms with Crippen LogP contribution in [0.25, 0.3) is 0 Å². The molecule has 1 aromatic carbocycles. The van der Waals surface area contributed by atoms with Crippen LogP contribution in [0.4, 0.5) is 8.78 Å². The Morgan fingerprint density at radius 1 is 1.28 bits per heavy atom. The van der Waals surface area contributed by atoms with Gasteiger partial charge in [-0.2, -0.15) is 0 Å². The van der Waals surface area contributed by atoms with Crippen molar-refractivity contribution in [3.63, 3.8) is 0 Å². The molecular formula is C12H14F2N2O2. The third kappa shape index (κ3) is 2.52. The highest BCUT2D eigenvalue weighted by Gasteiger charge is 2.21. The Balaban J connectivity index is 2.26. The van der Waals surface area contributed by atoms with Crippen molar-refractivity contribution in [3.8, 4) is 5.75 Å². The Bertz CT molecular complexity index is 448. The van der Waals surface area contributed by atoms with E-state index in [2.05, 4.69) is 5.16 Å². The zero-order valence-electron chi connectivity index (χ0n) is 9.70. The predicted molar refractivity (Wildman–Crippen MR) is 61.8 cm³/mol. The van der Waals surface area contributed by atoms with Crippen LogP contribution in [-0.4, -0.2) is 17.1 Å². The van der Waals surface area contributed by atoms with Crippen molar-refractivity contribution in [1.29, 1.82) is 0 Å². The maximum Gasteiger partial charge on any atom is 0.191 e. The van der Waals surface area contributed by atoms with Crippen LogP contribution in [0.3, 0.4) is 0 Å². The van der Waals surface area contributed by atoms with Gasteiger partial charge >= 0.3 is 0 Å². The molecule has 98 valence electrons. The van der Waals surface area contributed by atoms with Gasteiger partial charge in [0.05, 0.1) is 6.10 Å². The highest BCUT2D eigenvalue weighted by molar-refractivity contribution is 5.97. The number of halogens is 2. The molecule has 0 saturated heterocycles. The minimum absolute atomic E-state index is 0.0220. The fourth-order valence-electron chi connectivity index (χ4n) is 2.05. The second kappa shape index (κ2) is 5.20. The van der Waals surface area contributed by atoms with Gasteiger partial charge in [0, 0.05) is 5.56 Å². The number of hydrogen-bond acceptors (Lipinski definition) is 3. The van der Waals surface area contributed by atoms with E-state index in [9.17, 15) is 8.78 Å². The van der Waals surface area contributed by atoms with Gasteiger partial charge in [-0.15, -0.1) is 0 Å². The molecule has 1 aliphatic rings. The summed E-state index contributed by atoms with van der Waals surface area (Å²) in [5, 5.41) is 11.2. The highest BCUT2D eigenvalue weighted by atomic mass is 19.1. The summed E-state index contributed by atoms with van der Waals surface area (Å²) in [7, 11) is 0. The molecule has 0 atom stereocenters. The Morgan fingerprint density at radius 2 is 1.83 bits per heavy atom. The fraction of sp³-hybridized carbons (Fsp3) is 0.417. The SMILES string of the molecule is N/C(=N/O)c1cc(F)c(OC2CCCC2)c(F)c1. The van der Waals surface area contributed by atoms with Gasteiger partial charge in [-0.3, -0.25) is 0 Å².